The van der Waals surface area contributed by atoms with Crippen molar-refractivity contribution < 1.29 is 14.4 Å². The zero-order chi connectivity index (χ0) is 14.0. The summed E-state index contributed by atoms with van der Waals surface area (Å²) in [4.78, 5) is 9.82. The van der Waals surface area contributed by atoms with Gasteiger partial charge in [-0.3, -0.25) is 10.1 Å². The average Bonchev–Trinajstić information content (AvgIpc) is 2.87. The zero-order valence-corrected chi connectivity index (χ0v) is 10.0. The minimum absolute atomic E-state index is 0.0349. The maximum absolute atomic E-state index is 13.7. The molecule has 0 aliphatic heterocycles. The van der Waals surface area contributed by atoms with Crippen molar-refractivity contribution in [3.05, 3.63) is 46.0 Å². The molecule has 0 amide bonds. The second kappa shape index (κ2) is 5.11. The van der Waals surface area contributed by atoms with Crippen LogP contribution in [-0.4, -0.2) is 25.0 Å². The van der Waals surface area contributed by atoms with Gasteiger partial charge in [-0.2, -0.15) is 0 Å². The van der Waals surface area contributed by atoms with E-state index in [0.717, 1.165) is 10.7 Å². The normalized spacial score (nSPS) is 12.4. The summed E-state index contributed by atoms with van der Waals surface area (Å²) in [6.45, 7) is 1.77. The first-order chi connectivity index (χ1) is 9.02. The molecule has 0 radical (unpaired) electrons. The predicted molar refractivity (Wildman–Crippen MR) is 63.2 cm³/mol. The van der Waals surface area contributed by atoms with E-state index in [9.17, 15) is 19.6 Å². The highest BCUT2D eigenvalue weighted by atomic mass is 19.1. The third kappa shape index (κ3) is 2.58. The molecule has 7 nitrogen and oxygen atoms in total. The summed E-state index contributed by atoms with van der Waals surface area (Å²) in [5.74, 6) is -0.781. The van der Waals surface area contributed by atoms with Crippen molar-refractivity contribution in [1.82, 2.24) is 15.0 Å². The van der Waals surface area contributed by atoms with Crippen LogP contribution >= 0.6 is 0 Å². The molecular weight excluding hydrogens is 255 g/mol. The quantitative estimate of drug-likeness (QED) is 0.672. The number of aliphatic hydroxyl groups excluding tert-OH is 1. The van der Waals surface area contributed by atoms with Crippen molar-refractivity contribution in [3.63, 3.8) is 0 Å². The summed E-state index contributed by atoms with van der Waals surface area (Å²) in [5, 5.41) is 27.5. The number of rotatable bonds is 4. The van der Waals surface area contributed by atoms with E-state index in [1.54, 1.807) is 6.92 Å². The third-order valence-electron chi connectivity index (χ3n) is 2.63. The Labute approximate surface area is 107 Å². The van der Waals surface area contributed by atoms with Crippen LogP contribution in [0, 0.1) is 15.9 Å². The molecule has 1 atom stereocenters. The molecule has 2 rings (SSSR count). The predicted octanol–water partition coefficient (Wildman–Crippen LogP) is 1.76. The standard InChI is InChI=1S/C11H11FN4O3/c1-2-11(17)9-6-15(14-13-9)10-4-3-7(16(18)19)5-8(10)12/h3-6,11,17H,2H2,1H3. The fourth-order valence-corrected chi connectivity index (χ4v) is 1.55. The van der Waals surface area contributed by atoms with Gasteiger partial charge in [0.15, 0.2) is 5.82 Å². The zero-order valence-electron chi connectivity index (χ0n) is 10.0. The van der Waals surface area contributed by atoms with Crippen LogP contribution in [0.25, 0.3) is 5.69 Å². The summed E-state index contributed by atoms with van der Waals surface area (Å²) in [7, 11) is 0. The van der Waals surface area contributed by atoms with Crippen LogP contribution in [0.3, 0.4) is 0 Å². The number of hydrogen-bond acceptors (Lipinski definition) is 5. The number of benzene rings is 1. The molecule has 0 saturated carbocycles. The molecule has 1 heterocycles. The van der Waals surface area contributed by atoms with Crippen LogP contribution in [-0.2, 0) is 0 Å². The third-order valence-corrected chi connectivity index (χ3v) is 2.63. The van der Waals surface area contributed by atoms with Gasteiger partial charge in [0.05, 0.1) is 23.3 Å². The van der Waals surface area contributed by atoms with Gasteiger partial charge in [0, 0.05) is 6.07 Å². The minimum atomic E-state index is -0.781. The van der Waals surface area contributed by atoms with Crippen LogP contribution in [0.15, 0.2) is 24.4 Å². The van der Waals surface area contributed by atoms with Gasteiger partial charge in [0.1, 0.15) is 11.4 Å². The Bertz CT molecular complexity index is 614. The lowest BCUT2D eigenvalue weighted by Gasteiger charge is -2.02. The van der Waals surface area contributed by atoms with Crippen molar-refractivity contribution in [2.24, 2.45) is 0 Å². The molecule has 0 saturated heterocycles. The van der Waals surface area contributed by atoms with E-state index in [-0.39, 0.29) is 11.4 Å². The number of nitro benzene ring substituents is 1. The van der Waals surface area contributed by atoms with E-state index in [4.69, 9.17) is 0 Å². The van der Waals surface area contributed by atoms with Crippen LogP contribution in [0.5, 0.6) is 0 Å². The summed E-state index contributed by atoms with van der Waals surface area (Å²) in [6, 6.07) is 3.23. The SMILES string of the molecule is CCC(O)c1cn(-c2ccc([N+](=O)[O-])cc2F)nn1. The summed E-state index contributed by atoms with van der Waals surface area (Å²) < 4.78 is 14.9. The average molecular weight is 266 g/mol. The molecule has 100 valence electrons. The molecule has 8 heteroatoms. The second-order valence-corrected chi connectivity index (χ2v) is 3.90. The molecule has 0 aliphatic carbocycles. The smallest absolute Gasteiger partial charge is 0.272 e. The summed E-state index contributed by atoms with van der Waals surface area (Å²) >= 11 is 0. The second-order valence-electron chi connectivity index (χ2n) is 3.90. The molecule has 0 bridgehead atoms. The summed E-state index contributed by atoms with van der Waals surface area (Å²) in [6.07, 6.45) is 1.08. The Hall–Kier alpha value is -2.35. The van der Waals surface area contributed by atoms with Gasteiger partial charge in [-0.15, -0.1) is 5.10 Å². The van der Waals surface area contributed by atoms with Gasteiger partial charge in [-0.1, -0.05) is 12.1 Å². The van der Waals surface area contributed by atoms with E-state index in [0.29, 0.717) is 12.1 Å². The van der Waals surface area contributed by atoms with Crippen LogP contribution in [0.2, 0.25) is 0 Å². The van der Waals surface area contributed by atoms with Crippen molar-refractivity contribution in [1.29, 1.82) is 0 Å². The number of aromatic nitrogens is 3. The van der Waals surface area contributed by atoms with E-state index in [1.807, 2.05) is 0 Å². The van der Waals surface area contributed by atoms with Crippen molar-refractivity contribution in [3.8, 4) is 5.69 Å². The molecule has 2 aromatic rings. The molecule has 1 unspecified atom stereocenters. The lowest BCUT2D eigenvalue weighted by atomic mass is 10.2. The molecule has 19 heavy (non-hydrogen) atoms. The number of hydrogen-bond donors (Lipinski definition) is 1. The van der Waals surface area contributed by atoms with E-state index >= 15 is 0 Å². The van der Waals surface area contributed by atoms with Crippen molar-refractivity contribution in [2.45, 2.75) is 19.4 Å². The van der Waals surface area contributed by atoms with Crippen molar-refractivity contribution >= 4 is 5.69 Å². The van der Waals surface area contributed by atoms with Crippen molar-refractivity contribution in [2.75, 3.05) is 0 Å². The fourth-order valence-electron chi connectivity index (χ4n) is 1.55. The maximum Gasteiger partial charge on any atom is 0.272 e. The largest absolute Gasteiger partial charge is 0.387 e. The van der Waals surface area contributed by atoms with Crippen LogP contribution in [0.1, 0.15) is 25.1 Å². The summed E-state index contributed by atoms with van der Waals surface area (Å²) in [5.41, 5.74) is 0.0167. The number of non-ortho nitro benzene ring substituents is 1. The fraction of sp³-hybridized carbons (Fsp3) is 0.273. The maximum atomic E-state index is 13.7. The van der Waals surface area contributed by atoms with Gasteiger partial charge in [0.25, 0.3) is 5.69 Å². The number of aliphatic hydroxyl groups is 1. The lowest BCUT2D eigenvalue weighted by molar-refractivity contribution is -0.385. The van der Waals surface area contributed by atoms with Crippen LogP contribution < -0.4 is 0 Å². The van der Waals surface area contributed by atoms with E-state index < -0.39 is 16.8 Å². The Morgan fingerprint density at radius 2 is 2.32 bits per heavy atom. The van der Waals surface area contributed by atoms with E-state index in [2.05, 4.69) is 10.3 Å². The first-order valence-electron chi connectivity index (χ1n) is 5.57. The Morgan fingerprint density at radius 3 is 2.89 bits per heavy atom. The highest BCUT2D eigenvalue weighted by Crippen LogP contribution is 2.20. The van der Waals surface area contributed by atoms with Gasteiger partial charge >= 0.3 is 0 Å². The molecule has 0 fully saturated rings. The van der Waals surface area contributed by atoms with E-state index in [1.165, 1.54) is 18.3 Å². The first kappa shape index (κ1) is 13.1. The molecule has 1 N–H and O–H groups in total. The van der Waals surface area contributed by atoms with Gasteiger partial charge in [-0.25, -0.2) is 9.07 Å². The molecule has 1 aromatic heterocycles. The highest BCUT2D eigenvalue weighted by molar-refractivity contribution is 5.41. The van der Waals surface area contributed by atoms with Gasteiger partial charge in [0.2, 0.25) is 0 Å². The van der Waals surface area contributed by atoms with Gasteiger partial charge < -0.3 is 5.11 Å². The monoisotopic (exact) mass is 266 g/mol. The topological polar surface area (TPSA) is 94.1 Å². The Balaban J connectivity index is 2.37. The molecule has 0 aliphatic rings. The number of halogens is 1. The molecule has 1 aromatic carbocycles. The Kier molecular flexibility index (Phi) is 3.52. The van der Waals surface area contributed by atoms with Gasteiger partial charge in [-0.05, 0) is 12.5 Å². The molecular formula is C11H11FN4O3. The number of nitrogens with zero attached hydrogens (tertiary/aromatic N) is 4. The minimum Gasteiger partial charge on any atom is -0.387 e. The van der Waals surface area contributed by atoms with Crippen LogP contribution in [0.4, 0.5) is 10.1 Å². The Morgan fingerprint density at radius 1 is 1.58 bits per heavy atom. The molecule has 0 spiro atoms. The lowest BCUT2D eigenvalue weighted by Crippen LogP contribution is -2.00. The first-order valence-corrected chi connectivity index (χ1v) is 5.57. The highest BCUT2D eigenvalue weighted by Gasteiger charge is 2.15. The number of nitro groups is 1.